The molecule has 0 atom stereocenters. The van der Waals surface area contributed by atoms with Gasteiger partial charge in [0.05, 0.1) is 16.9 Å². The Morgan fingerprint density at radius 1 is 1.03 bits per heavy atom. The number of hydrogen-bond donors (Lipinski definition) is 1. The van der Waals surface area contributed by atoms with Gasteiger partial charge in [-0.1, -0.05) is 54.1 Å². The van der Waals surface area contributed by atoms with Gasteiger partial charge in [0.25, 0.3) is 5.91 Å². The Kier molecular flexibility index (Phi) is 5.97. The third-order valence-electron chi connectivity index (χ3n) is 5.38. The van der Waals surface area contributed by atoms with E-state index in [9.17, 15) is 4.79 Å². The normalized spacial score (nSPS) is 14.3. The molecule has 1 fully saturated rings. The van der Waals surface area contributed by atoms with E-state index in [1.54, 1.807) is 4.68 Å². The number of nitrogens with zero attached hydrogens (tertiary/aromatic N) is 3. The van der Waals surface area contributed by atoms with Crippen LogP contribution in [0.4, 0.5) is 0 Å². The van der Waals surface area contributed by atoms with Gasteiger partial charge in [-0.25, -0.2) is 4.68 Å². The van der Waals surface area contributed by atoms with Gasteiger partial charge in [-0.15, -0.1) is 0 Å². The second kappa shape index (κ2) is 8.80. The Balaban J connectivity index is 1.49. The van der Waals surface area contributed by atoms with E-state index in [1.807, 2.05) is 43.3 Å². The van der Waals surface area contributed by atoms with Crippen LogP contribution in [0, 0.1) is 6.92 Å². The van der Waals surface area contributed by atoms with Crippen molar-refractivity contribution in [2.75, 3.05) is 13.1 Å². The van der Waals surface area contributed by atoms with Crippen LogP contribution in [0.15, 0.2) is 54.6 Å². The third kappa shape index (κ3) is 4.36. The minimum absolute atomic E-state index is 0.203. The van der Waals surface area contributed by atoms with E-state index >= 15 is 0 Å². The van der Waals surface area contributed by atoms with E-state index in [0.29, 0.717) is 23.0 Å². The fraction of sp³-hybridized carbons (Fsp3) is 0.304. The van der Waals surface area contributed by atoms with Gasteiger partial charge in [-0.05, 0) is 56.1 Å². The number of benzene rings is 2. The Morgan fingerprint density at radius 3 is 2.41 bits per heavy atom. The summed E-state index contributed by atoms with van der Waals surface area (Å²) in [5.41, 5.74) is 4.26. The molecular formula is C23H25ClN4O. The molecule has 1 aliphatic heterocycles. The molecule has 2 aromatic carbocycles. The summed E-state index contributed by atoms with van der Waals surface area (Å²) in [6, 6.07) is 17.9. The number of likely N-dealkylation sites (tertiary alicyclic amines) is 1. The van der Waals surface area contributed by atoms with Crippen molar-refractivity contribution in [1.82, 2.24) is 20.0 Å². The van der Waals surface area contributed by atoms with E-state index in [1.165, 1.54) is 18.4 Å². The van der Waals surface area contributed by atoms with Gasteiger partial charge >= 0.3 is 0 Å². The smallest absolute Gasteiger partial charge is 0.256 e. The molecule has 0 radical (unpaired) electrons. The summed E-state index contributed by atoms with van der Waals surface area (Å²) >= 11 is 6.52. The van der Waals surface area contributed by atoms with Crippen molar-refractivity contribution in [3.63, 3.8) is 0 Å². The minimum Gasteiger partial charge on any atom is -0.348 e. The average Bonchev–Trinajstić information content (AvgIpc) is 3.35. The number of para-hydroxylation sites is 1. The summed E-state index contributed by atoms with van der Waals surface area (Å²) < 4.78 is 1.60. The number of rotatable bonds is 6. The fourth-order valence-electron chi connectivity index (χ4n) is 3.83. The number of carbonyl (C=O) groups excluding carboxylic acids is 1. The monoisotopic (exact) mass is 408 g/mol. The molecule has 1 aliphatic rings. The van der Waals surface area contributed by atoms with Gasteiger partial charge in [-0.3, -0.25) is 9.69 Å². The van der Waals surface area contributed by atoms with Crippen molar-refractivity contribution in [3.05, 3.63) is 82.1 Å². The zero-order valence-corrected chi connectivity index (χ0v) is 17.3. The zero-order valence-electron chi connectivity index (χ0n) is 16.6. The molecule has 5 nitrogen and oxygen atoms in total. The second-order valence-electron chi connectivity index (χ2n) is 7.43. The topological polar surface area (TPSA) is 50.2 Å². The molecule has 29 heavy (non-hydrogen) atoms. The van der Waals surface area contributed by atoms with Crippen LogP contribution < -0.4 is 5.32 Å². The van der Waals surface area contributed by atoms with Crippen molar-refractivity contribution in [1.29, 1.82) is 0 Å². The van der Waals surface area contributed by atoms with Gasteiger partial charge in [0.2, 0.25) is 0 Å². The predicted octanol–water partition coefficient (Wildman–Crippen LogP) is 4.36. The van der Waals surface area contributed by atoms with Crippen molar-refractivity contribution >= 4 is 17.5 Å². The van der Waals surface area contributed by atoms with Crippen molar-refractivity contribution in [2.24, 2.45) is 0 Å². The Hall–Kier alpha value is -2.63. The maximum absolute atomic E-state index is 12.9. The Morgan fingerprint density at radius 2 is 1.69 bits per heavy atom. The number of carbonyl (C=O) groups is 1. The van der Waals surface area contributed by atoms with Crippen LogP contribution >= 0.6 is 11.6 Å². The first-order valence-corrected chi connectivity index (χ1v) is 10.4. The summed E-state index contributed by atoms with van der Waals surface area (Å²) in [5, 5.41) is 7.82. The Bertz CT molecular complexity index is 993. The van der Waals surface area contributed by atoms with E-state index < -0.39 is 0 Å². The van der Waals surface area contributed by atoms with Crippen molar-refractivity contribution in [3.8, 4) is 5.69 Å². The first kappa shape index (κ1) is 19.7. The van der Waals surface area contributed by atoms with E-state index in [0.717, 1.165) is 30.9 Å². The maximum atomic E-state index is 12.9. The van der Waals surface area contributed by atoms with Crippen LogP contribution in [-0.4, -0.2) is 33.7 Å². The van der Waals surface area contributed by atoms with Gasteiger partial charge in [0.1, 0.15) is 5.15 Å². The molecule has 3 aromatic rings. The van der Waals surface area contributed by atoms with Crippen LogP contribution in [0.2, 0.25) is 5.15 Å². The van der Waals surface area contributed by atoms with Crippen LogP contribution in [0.3, 0.4) is 0 Å². The number of halogens is 1. The number of aromatic nitrogens is 2. The van der Waals surface area contributed by atoms with Crippen LogP contribution in [-0.2, 0) is 13.1 Å². The molecule has 0 aliphatic carbocycles. The SMILES string of the molecule is Cc1nn(-c2ccccc2)c(Cl)c1C(=O)NCc1ccccc1CN1CCCC1. The molecule has 1 amide bonds. The van der Waals surface area contributed by atoms with Gasteiger partial charge in [-0.2, -0.15) is 5.10 Å². The third-order valence-corrected chi connectivity index (χ3v) is 5.73. The lowest BCUT2D eigenvalue weighted by molar-refractivity contribution is 0.0950. The lowest BCUT2D eigenvalue weighted by Gasteiger charge is -2.17. The number of hydrogen-bond acceptors (Lipinski definition) is 3. The highest BCUT2D eigenvalue weighted by Gasteiger charge is 2.21. The van der Waals surface area contributed by atoms with Crippen LogP contribution in [0.5, 0.6) is 0 Å². The number of aryl methyl sites for hydroxylation is 1. The highest BCUT2D eigenvalue weighted by atomic mass is 35.5. The fourth-order valence-corrected chi connectivity index (χ4v) is 4.19. The quantitative estimate of drug-likeness (QED) is 0.659. The van der Waals surface area contributed by atoms with Crippen LogP contribution in [0.1, 0.15) is 40.0 Å². The highest BCUT2D eigenvalue weighted by Crippen LogP contribution is 2.24. The van der Waals surface area contributed by atoms with E-state index in [-0.39, 0.29) is 5.91 Å². The summed E-state index contributed by atoms with van der Waals surface area (Å²) in [7, 11) is 0. The molecule has 0 saturated carbocycles. The van der Waals surface area contributed by atoms with Gasteiger partial charge < -0.3 is 5.32 Å². The molecule has 4 rings (SSSR count). The highest BCUT2D eigenvalue weighted by molar-refractivity contribution is 6.33. The van der Waals surface area contributed by atoms with Gasteiger partial charge in [0.15, 0.2) is 0 Å². The van der Waals surface area contributed by atoms with Crippen molar-refractivity contribution in [2.45, 2.75) is 32.9 Å². The molecule has 150 valence electrons. The molecular weight excluding hydrogens is 384 g/mol. The first-order chi connectivity index (χ1) is 14.1. The summed E-state index contributed by atoms with van der Waals surface area (Å²) in [5.74, 6) is -0.203. The van der Waals surface area contributed by atoms with Gasteiger partial charge in [0, 0.05) is 13.1 Å². The summed E-state index contributed by atoms with van der Waals surface area (Å²) in [4.78, 5) is 15.4. The summed E-state index contributed by atoms with van der Waals surface area (Å²) in [6.07, 6.45) is 2.53. The van der Waals surface area contributed by atoms with E-state index in [4.69, 9.17) is 11.6 Å². The molecule has 1 N–H and O–H groups in total. The number of nitrogens with one attached hydrogen (secondary N) is 1. The molecule has 0 unspecified atom stereocenters. The lowest BCUT2D eigenvalue weighted by Crippen LogP contribution is -2.25. The zero-order chi connectivity index (χ0) is 20.2. The maximum Gasteiger partial charge on any atom is 0.256 e. The van der Waals surface area contributed by atoms with E-state index in [2.05, 4.69) is 33.5 Å². The largest absolute Gasteiger partial charge is 0.348 e. The number of amides is 1. The molecule has 2 heterocycles. The predicted molar refractivity (Wildman–Crippen MR) is 115 cm³/mol. The lowest BCUT2D eigenvalue weighted by atomic mass is 10.1. The molecule has 0 bridgehead atoms. The molecule has 1 aromatic heterocycles. The molecule has 6 heteroatoms. The standard InChI is InChI=1S/C23H25ClN4O/c1-17-21(22(24)28(26-17)20-11-3-2-4-12-20)23(29)25-15-18-9-5-6-10-19(18)16-27-13-7-8-14-27/h2-6,9-12H,7-8,13-16H2,1H3,(H,25,29). The average molecular weight is 409 g/mol. The summed E-state index contributed by atoms with van der Waals surface area (Å²) in [6.45, 7) is 5.50. The molecule has 0 spiro atoms. The van der Waals surface area contributed by atoms with Crippen LogP contribution in [0.25, 0.3) is 5.69 Å². The first-order valence-electron chi connectivity index (χ1n) is 10.0. The second-order valence-corrected chi connectivity index (χ2v) is 7.79. The Labute approximate surface area is 176 Å². The molecule has 1 saturated heterocycles. The minimum atomic E-state index is -0.203. The van der Waals surface area contributed by atoms with Crippen molar-refractivity contribution < 1.29 is 4.79 Å².